The van der Waals surface area contributed by atoms with E-state index >= 15 is 0 Å². The molecule has 0 unspecified atom stereocenters. The van der Waals surface area contributed by atoms with Crippen LogP contribution >= 0.6 is 0 Å². The summed E-state index contributed by atoms with van der Waals surface area (Å²) in [6.45, 7) is 3.06. The fraction of sp³-hybridized carbons (Fsp3) is 0.464. The number of hydrogen-bond acceptors (Lipinski definition) is 7. The zero-order chi connectivity index (χ0) is 26.3. The van der Waals surface area contributed by atoms with Crippen molar-refractivity contribution in [1.82, 2.24) is 14.5 Å². The molecule has 38 heavy (non-hydrogen) atoms. The summed E-state index contributed by atoms with van der Waals surface area (Å²) in [4.78, 5) is 15.8. The Morgan fingerprint density at radius 1 is 1.03 bits per heavy atom. The first kappa shape index (κ1) is 25.2. The molecule has 1 N–H and O–H groups in total. The van der Waals surface area contributed by atoms with Gasteiger partial charge in [0.25, 0.3) is 0 Å². The highest BCUT2D eigenvalue weighted by molar-refractivity contribution is 7.89. The number of amides is 1. The zero-order valence-electron chi connectivity index (χ0n) is 21.5. The topological polar surface area (TPSA) is 97.4 Å². The Morgan fingerprint density at radius 3 is 2.47 bits per heavy atom. The SMILES string of the molecule is CNCC[C@@H](C(=O)N1CC2=C(C1)CN(S(=O)(=O)c1ccc3c(c1)OCCO3)C2)c1cccc(OC2CC2)c1. The summed E-state index contributed by atoms with van der Waals surface area (Å²) in [7, 11) is -1.82. The largest absolute Gasteiger partial charge is 0.490 e. The lowest BCUT2D eigenvalue weighted by Gasteiger charge is -2.27. The van der Waals surface area contributed by atoms with Gasteiger partial charge >= 0.3 is 0 Å². The second kappa shape index (κ2) is 10.2. The van der Waals surface area contributed by atoms with E-state index in [1.807, 2.05) is 36.2 Å². The molecule has 9 nitrogen and oxygen atoms in total. The number of nitrogens with one attached hydrogen (secondary N) is 1. The number of hydrogen-bond donors (Lipinski definition) is 1. The lowest BCUT2D eigenvalue weighted by Crippen LogP contribution is -2.39. The first-order valence-corrected chi connectivity index (χ1v) is 14.7. The second-order valence-corrected chi connectivity index (χ2v) is 12.3. The molecular weight excluding hydrogens is 506 g/mol. The van der Waals surface area contributed by atoms with Crippen molar-refractivity contribution in [1.29, 1.82) is 0 Å². The van der Waals surface area contributed by atoms with E-state index in [2.05, 4.69) is 5.32 Å². The smallest absolute Gasteiger partial charge is 0.243 e. The van der Waals surface area contributed by atoms with Crippen LogP contribution in [0, 0.1) is 0 Å². The maximum Gasteiger partial charge on any atom is 0.243 e. The molecule has 3 heterocycles. The van der Waals surface area contributed by atoms with Gasteiger partial charge in [-0.2, -0.15) is 4.31 Å². The summed E-state index contributed by atoms with van der Waals surface area (Å²) in [5.41, 5.74) is 2.98. The molecule has 2 aromatic rings. The molecule has 2 aromatic carbocycles. The maximum absolute atomic E-state index is 13.7. The van der Waals surface area contributed by atoms with Crippen LogP contribution in [-0.4, -0.2) is 82.6 Å². The van der Waals surface area contributed by atoms with Crippen molar-refractivity contribution in [2.24, 2.45) is 0 Å². The zero-order valence-corrected chi connectivity index (χ0v) is 22.3. The van der Waals surface area contributed by atoms with E-state index in [1.54, 1.807) is 12.1 Å². The molecule has 6 rings (SSSR count). The number of rotatable bonds is 9. The molecule has 1 saturated carbocycles. The Labute approximate surface area is 223 Å². The standard InChI is InChI=1S/C28H33N3O6S/c1-29-10-9-25(19-3-2-4-23(13-19)37-22-5-6-22)28(32)30-15-20-17-31(18-21(20)16-30)38(33,34)24-7-8-26-27(14-24)36-12-11-35-26/h2-4,7-8,13-14,22,25,29H,5-6,9-12,15-18H2,1H3/t25-/m1/s1. The van der Waals surface area contributed by atoms with Gasteiger partial charge in [-0.1, -0.05) is 12.1 Å². The van der Waals surface area contributed by atoms with Crippen LogP contribution in [0.1, 0.15) is 30.7 Å². The lowest BCUT2D eigenvalue weighted by molar-refractivity contribution is -0.131. The van der Waals surface area contributed by atoms with E-state index in [9.17, 15) is 13.2 Å². The predicted octanol–water partition coefficient (Wildman–Crippen LogP) is 2.54. The van der Waals surface area contributed by atoms with E-state index in [0.717, 1.165) is 35.3 Å². The van der Waals surface area contributed by atoms with Crippen LogP contribution in [0.15, 0.2) is 58.5 Å². The van der Waals surface area contributed by atoms with E-state index in [0.29, 0.717) is 70.0 Å². The Hall–Kier alpha value is -3.08. The van der Waals surface area contributed by atoms with Crippen molar-refractivity contribution in [3.05, 3.63) is 59.2 Å². The van der Waals surface area contributed by atoms with Gasteiger partial charge in [-0.15, -0.1) is 0 Å². The third kappa shape index (κ3) is 5.00. The molecule has 4 aliphatic rings. The van der Waals surface area contributed by atoms with Crippen molar-refractivity contribution >= 4 is 15.9 Å². The molecule has 0 spiro atoms. The molecule has 202 valence electrons. The van der Waals surface area contributed by atoms with Gasteiger partial charge in [-0.05, 0) is 73.8 Å². The number of fused-ring (bicyclic) bond motifs is 1. The van der Waals surface area contributed by atoms with Crippen molar-refractivity contribution in [2.45, 2.75) is 36.2 Å². The number of carbonyl (C=O) groups is 1. The van der Waals surface area contributed by atoms with Crippen molar-refractivity contribution in [3.63, 3.8) is 0 Å². The third-order valence-corrected chi connectivity index (χ3v) is 9.32. The summed E-state index contributed by atoms with van der Waals surface area (Å²) in [5.74, 6) is 1.60. The van der Waals surface area contributed by atoms with E-state index in [-0.39, 0.29) is 16.7 Å². The van der Waals surface area contributed by atoms with E-state index < -0.39 is 10.0 Å². The van der Waals surface area contributed by atoms with Crippen LogP contribution in [0.2, 0.25) is 0 Å². The average Bonchev–Trinajstić information content (AvgIpc) is 3.50. The maximum atomic E-state index is 13.7. The van der Waals surface area contributed by atoms with Crippen molar-refractivity contribution < 1.29 is 27.4 Å². The van der Waals surface area contributed by atoms with Crippen LogP contribution in [0.5, 0.6) is 17.2 Å². The molecule has 0 aromatic heterocycles. The summed E-state index contributed by atoms with van der Waals surface area (Å²) in [5, 5.41) is 3.16. The molecule has 10 heteroatoms. The third-order valence-electron chi connectivity index (χ3n) is 7.53. The molecule has 0 saturated heterocycles. The Kier molecular flexibility index (Phi) is 6.79. The highest BCUT2D eigenvalue weighted by atomic mass is 32.2. The Balaban J connectivity index is 1.13. The molecule has 3 aliphatic heterocycles. The summed E-state index contributed by atoms with van der Waals surface area (Å²) in [6.07, 6.45) is 3.13. The number of ether oxygens (including phenoxy) is 3. The van der Waals surface area contributed by atoms with Gasteiger partial charge in [0.2, 0.25) is 15.9 Å². The molecule has 0 radical (unpaired) electrons. The molecular formula is C28H33N3O6S. The van der Waals surface area contributed by atoms with Gasteiger partial charge < -0.3 is 24.4 Å². The fourth-order valence-electron chi connectivity index (χ4n) is 5.33. The van der Waals surface area contributed by atoms with Crippen molar-refractivity contribution in [3.8, 4) is 17.2 Å². The lowest BCUT2D eigenvalue weighted by atomic mass is 9.93. The first-order valence-electron chi connectivity index (χ1n) is 13.2. The average molecular weight is 540 g/mol. The van der Waals surface area contributed by atoms with Crippen LogP contribution in [0.25, 0.3) is 0 Å². The molecule has 1 amide bonds. The summed E-state index contributed by atoms with van der Waals surface area (Å²) >= 11 is 0. The van der Waals surface area contributed by atoms with Gasteiger partial charge in [-0.3, -0.25) is 4.79 Å². The number of benzene rings is 2. The Bertz CT molecular complexity index is 1350. The highest BCUT2D eigenvalue weighted by Gasteiger charge is 2.39. The fourth-order valence-corrected chi connectivity index (χ4v) is 6.77. The van der Waals surface area contributed by atoms with Gasteiger partial charge in [0.05, 0.1) is 16.9 Å². The minimum Gasteiger partial charge on any atom is -0.490 e. The van der Waals surface area contributed by atoms with Gasteiger partial charge in [0.1, 0.15) is 19.0 Å². The van der Waals surface area contributed by atoms with Crippen LogP contribution < -0.4 is 19.5 Å². The second-order valence-electron chi connectivity index (χ2n) is 10.3. The van der Waals surface area contributed by atoms with Crippen LogP contribution in [0.4, 0.5) is 0 Å². The first-order chi connectivity index (χ1) is 18.4. The quantitative estimate of drug-likeness (QED) is 0.489. The normalized spacial score (nSPS) is 20.0. The molecule has 1 fully saturated rings. The molecule has 1 aliphatic carbocycles. The Morgan fingerprint density at radius 2 is 1.76 bits per heavy atom. The van der Waals surface area contributed by atoms with E-state index in [4.69, 9.17) is 14.2 Å². The molecule has 1 atom stereocenters. The van der Waals surface area contributed by atoms with E-state index in [1.165, 1.54) is 10.4 Å². The van der Waals surface area contributed by atoms with Gasteiger partial charge in [0, 0.05) is 32.2 Å². The summed E-state index contributed by atoms with van der Waals surface area (Å²) in [6, 6.07) is 12.6. The van der Waals surface area contributed by atoms with Gasteiger partial charge in [-0.25, -0.2) is 8.42 Å². The van der Waals surface area contributed by atoms with Crippen LogP contribution in [-0.2, 0) is 14.8 Å². The minimum atomic E-state index is -3.70. The van der Waals surface area contributed by atoms with Crippen LogP contribution in [0.3, 0.4) is 0 Å². The number of carbonyl (C=O) groups excluding carboxylic acids is 1. The van der Waals surface area contributed by atoms with Crippen molar-refractivity contribution in [2.75, 3.05) is 53.0 Å². The summed E-state index contributed by atoms with van der Waals surface area (Å²) < 4.78 is 45.3. The number of nitrogens with zero attached hydrogens (tertiary/aromatic N) is 2. The highest BCUT2D eigenvalue weighted by Crippen LogP contribution is 2.37. The van der Waals surface area contributed by atoms with Gasteiger partial charge in [0.15, 0.2) is 11.5 Å². The monoisotopic (exact) mass is 539 g/mol. The minimum absolute atomic E-state index is 0.0689. The molecule has 0 bridgehead atoms. The predicted molar refractivity (Wildman–Crippen MR) is 141 cm³/mol. The number of sulfonamides is 1.